The highest BCUT2D eigenvalue weighted by molar-refractivity contribution is 5.94. The van der Waals surface area contributed by atoms with Gasteiger partial charge in [-0.15, -0.1) is 0 Å². The lowest BCUT2D eigenvalue weighted by molar-refractivity contribution is -0.145. The maximum Gasteiger partial charge on any atom is 0.328 e. The van der Waals surface area contributed by atoms with Crippen molar-refractivity contribution < 1.29 is 29.4 Å². The van der Waals surface area contributed by atoms with Gasteiger partial charge in [-0.05, 0) is 38.6 Å². The molecule has 1 aromatic rings. The fraction of sp³-hybridized carbons (Fsp3) is 0.667. The number of hydrogen-bond donors (Lipinski definition) is 8. The SMILES string of the molecule is CC(C)C(NC(=O)C(CCCCN)NC(=O)C(N)Cc1cnc[nH]1)C(=O)NC(C(=O)O)C(C)O. The van der Waals surface area contributed by atoms with Crippen LogP contribution in [0.15, 0.2) is 12.5 Å². The Bertz CT molecular complexity index is 800. The molecule has 0 aliphatic carbocycles. The summed E-state index contributed by atoms with van der Waals surface area (Å²) in [5, 5.41) is 26.3. The van der Waals surface area contributed by atoms with Crippen molar-refractivity contribution in [2.24, 2.45) is 17.4 Å². The van der Waals surface area contributed by atoms with E-state index in [4.69, 9.17) is 11.5 Å². The Morgan fingerprint density at radius 2 is 1.68 bits per heavy atom. The second-order valence-electron chi connectivity index (χ2n) is 8.53. The first-order valence-corrected chi connectivity index (χ1v) is 11.2. The highest BCUT2D eigenvalue weighted by atomic mass is 16.4. The number of carbonyl (C=O) groups is 4. The van der Waals surface area contributed by atoms with E-state index in [-0.39, 0.29) is 12.8 Å². The van der Waals surface area contributed by atoms with Crippen LogP contribution in [0.25, 0.3) is 0 Å². The number of hydrogen-bond acceptors (Lipinski definition) is 8. The van der Waals surface area contributed by atoms with Crippen LogP contribution in [0, 0.1) is 5.92 Å². The standard InChI is InChI=1S/C21H37N7O6/c1-11(2)16(20(32)28-17(12(3)29)21(33)34)27-19(31)15(6-4-5-7-22)26-18(30)14(23)8-13-9-24-10-25-13/h9-12,14-17,29H,4-8,22-23H2,1-3H3,(H,24,25)(H,26,30)(H,27,31)(H,28,32)(H,33,34). The van der Waals surface area contributed by atoms with Crippen LogP contribution in [-0.2, 0) is 25.6 Å². The fourth-order valence-electron chi connectivity index (χ4n) is 3.19. The summed E-state index contributed by atoms with van der Waals surface area (Å²) < 4.78 is 0. The first kappa shape index (κ1) is 29.0. The van der Waals surface area contributed by atoms with Crippen molar-refractivity contribution >= 4 is 23.7 Å². The van der Waals surface area contributed by atoms with Gasteiger partial charge in [0.25, 0.3) is 0 Å². The Balaban J connectivity index is 2.91. The lowest BCUT2D eigenvalue weighted by Gasteiger charge is -2.27. The van der Waals surface area contributed by atoms with Crippen LogP contribution in [0.5, 0.6) is 0 Å². The maximum absolute atomic E-state index is 13.0. The molecule has 0 fully saturated rings. The van der Waals surface area contributed by atoms with Crippen molar-refractivity contribution in [2.45, 2.75) is 76.7 Å². The molecule has 3 amide bonds. The van der Waals surface area contributed by atoms with Crippen LogP contribution >= 0.6 is 0 Å². The summed E-state index contributed by atoms with van der Waals surface area (Å²) in [6, 6.07) is -4.54. The highest BCUT2D eigenvalue weighted by Crippen LogP contribution is 2.08. The van der Waals surface area contributed by atoms with E-state index in [1.54, 1.807) is 20.0 Å². The molecule has 1 rings (SSSR count). The van der Waals surface area contributed by atoms with Crippen LogP contribution in [0.1, 0.15) is 45.7 Å². The topological polar surface area (TPSA) is 226 Å². The largest absolute Gasteiger partial charge is 0.480 e. The number of nitrogens with one attached hydrogen (secondary N) is 4. The molecule has 13 nitrogen and oxygen atoms in total. The number of aromatic amines is 1. The molecule has 5 atom stereocenters. The van der Waals surface area contributed by atoms with Gasteiger partial charge in [-0.25, -0.2) is 9.78 Å². The smallest absolute Gasteiger partial charge is 0.328 e. The van der Waals surface area contributed by atoms with Crippen molar-refractivity contribution in [1.29, 1.82) is 0 Å². The summed E-state index contributed by atoms with van der Waals surface area (Å²) in [7, 11) is 0. The molecule has 10 N–H and O–H groups in total. The van der Waals surface area contributed by atoms with Gasteiger partial charge in [0.15, 0.2) is 6.04 Å². The second kappa shape index (κ2) is 14.3. The van der Waals surface area contributed by atoms with E-state index in [2.05, 4.69) is 25.9 Å². The third kappa shape index (κ3) is 9.45. The van der Waals surface area contributed by atoms with Crippen molar-refractivity contribution in [1.82, 2.24) is 25.9 Å². The van der Waals surface area contributed by atoms with E-state index in [0.717, 1.165) is 0 Å². The lowest BCUT2D eigenvalue weighted by atomic mass is 10.0. The highest BCUT2D eigenvalue weighted by Gasteiger charge is 2.33. The van der Waals surface area contributed by atoms with Gasteiger partial charge in [0.2, 0.25) is 17.7 Å². The molecule has 0 spiro atoms. The summed E-state index contributed by atoms with van der Waals surface area (Å²) in [5.41, 5.74) is 12.2. The zero-order valence-electron chi connectivity index (χ0n) is 19.8. The predicted molar refractivity (Wildman–Crippen MR) is 123 cm³/mol. The number of rotatable bonds is 15. The Labute approximate surface area is 198 Å². The molecule has 1 heterocycles. The monoisotopic (exact) mass is 483 g/mol. The van der Waals surface area contributed by atoms with E-state index in [1.807, 2.05) is 0 Å². The molecule has 13 heteroatoms. The normalized spacial score (nSPS) is 15.6. The molecule has 0 radical (unpaired) electrons. The summed E-state index contributed by atoms with van der Waals surface area (Å²) in [6.45, 7) is 4.99. The van der Waals surface area contributed by atoms with Crippen LogP contribution in [0.4, 0.5) is 0 Å². The van der Waals surface area contributed by atoms with E-state index >= 15 is 0 Å². The molecule has 0 saturated heterocycles. The first-order valence-electron chi connectivity index (χ1n) is 11.2. The molecule has 5 unspecified atom stereocenters. The summed E-state index contributed by atoms with van der Waals surface area (Å²) in [4.78, 5) is 56.4. The molecule has 0 aliphatic rings. The van der Waals surface area contributed by atoms with Crippen LogP contribution in [0.2, 0.25) is 0 Å². The lowest BCUT2D eigenvalue weighted by Crippen LogP contribution is -2.59. The Morgan fingerprint density at radius 3 is 2.18 bits per heavy atom. The Hall–Kier alpha value is -3.03. The van der Waals surface area contributed by atoms with Crippen molar-refractivity contribution in [3.63, 3.8) is 0 Å². The van der Waals surface area contributed by atoms with Gasteiger partial charge in [-0.1, -0.05) is 13.8 Å². The second-order valence-corrected chi connectivity index (χ2v) is 8.53. The third-order valence-corrected chi connectivity index (χ3v) is 5.20. The van der Waals surface area contributed by atoms with Crippen molar-refractivity contribution in [3.05, 3.63) is 18.2 Å². The van der Waals surface area contributed by atoms with Gasteiger partial charge < -0.3 is 42.6 Å². The number of aliphatic carboxylic acids is 1. The number of amides is 3. The number of nitrogens with two attached hydrogens (primary N) is 2. The quantitative estimate of drug-likeness (QED) is 0.129. The number of nitrogens with zero attached hydrogens (tertiary/aromatic N) is 1. The van der Waals surface area contributed by atoms with Gasteiger partial charge in [0.05, 0.1) is 18.5 Å². The number of aromatic nitrogens is 2. The maximum atomic E-state index is 13.0. The van der Waals surface area contributed by atoms with E-state index in [1.165, 1.54) is 13.3 Å². The van der Waals surface area contributed by atoms with Gasteiger partial charge in [0, 0.05) is 18.3 Å². The molecule has 0 bridgehead atoms. The molecule has 0 aromatic carbocycles. The van der Waals surface area contributed by atoms with Gasteiger partial charge in [-0.2, -0.15) is 0 Å². The molecule has 192 valence electrons. The fourth-order valence-corrected chi connectivity index (χ4v) is 3.19. The third-order valence-electron chi connectivity index (χ3n) is 5.20. The number of imidazole rings is 1. The average Bonchev–Trinajstić information content (AvgIpc) is 3.26. The average molecular weight is 484 g/mol. The molecule has 1 aromatic heterocycles. The number of aliphatic hydroxyl groups excluding tert-OH is 1. The van der Waals surface area contributed by atoms with Gasteiger partial charge in [-0.3, -0.25) is 14.4 Å². The number of carboxylic acids is 1. The first-order chi connectivity index (χ1) is 16.0. The molecule has 0 saturated carbocycles. The Morgan fingerprint density at radius 1 is 1.03 bits per heavy atom. The molecule has 34 heavy (non-hydrogen) atoms. The minimum Gasteiger partial charge on any atom is -0.480 e. The van der Waals surface area contributed by atoms with Gasteiger partial charge >= 0.3 is 5.97 Å². The summed E-state index contributed by atoms with van der Waals surface area (Å²) >= 11 is 0. The number of aliphatic hydroxyl groups is 1. The predicted octanol–water partition coefficient (Wildman–Crippen LogP) is -2.02. The molecular weight excluding hydrogens is 446 g/mol. The van der Waals surface area contributed by atoms with E-state index in [9.17, 15) is 29.4 Å². The van der Waals surface area contributed by atoms with Crippen LogP contribution in [0.3, 0.4) is 0 Å². The summed E-state index contributed by atoms with van der Waals surface area (Å²) in [6.07, 6.45) is 3.30. The molecule has 0 aliphatic heterocycles. The minimum absolute atomic E-state index is 0.190. The number of carboxylic acid groups (broad SMARTS) is 1. The van der Waals surface area contributed by atoms with Crippen LogP contribution < -0.4 is 27.4 Å². The van der Waals surface area contributed by atoms with Crippen LogP contribution in [-0.4, -0.2) is 80.7 Å². The van der Waals surface area contributed by atoms with Crippen molar-refractivity contribution in [3.8, 4) is 0 Å². The number of unbranched alkanes of at least 4 members (excludes halogenated alkanes) is 1. The van der Waals surface area contributed by atoms with Crippen molar-refractivity contribution in [2.75, 3.05) is 6.54 Å². The number of H-pyrrole nitrogens is 1. The van der Waals surface area contributed by atoms with E-state index < -0.39 is 59.9 Å². The van der Waals surface area contributed by atoms with Gasteiger partial charge in [0.1, 0.15) is 12.1 Å². The molecular formula is C21H37N7O6. The van der Waals surface area contributed by atoms with E-state index in [0.29, 0.717) is 25.1 Å². The minimum atomic E-state index is -1.54. The number of carbonyl (C=O) groups excluding carboxylic acids is 3. The summed E-state index contributed by atoms with van der Waals surface area (Å²) in [5.74, 6) is -3.74. The zero-order chi connectivity index (χ0) is 25.8. The Kier molecular flexibility index (Phi) is 12.2. The zero-order valence-corrected chi connectivity index (χ0v) is 19.8.